The summed E-state index contributed by atoms with van der Waals surface area (Å²) in [6.45, 7) is 4.62. The van der Waals surface area contributed by atoms with Crippen LogP contribution in [0.3, 0.4) is 0 Å². The van der Waals surface area contributed by atoms with E-state index in [-0.39, 0.29) is 36.2 Å². The van der Waals surface area contributed by atoms with Crippen LogP contribution in [0, 0.1) is 0 Å². The monoisotopic (exact) mass is 845 g/mol. The minimum Gasteiger partial charge on any atom is -0.477 e. The summed E-state index contributed by atoms with van der Waals surface area (Å²) in [5.74, 6) is -1.48. The molecular formula is C52H94NO7+. The Hall–Kier alpha value is -2.71. The molecule has 2 atom stereocenters. The summed E-state index contributed by atoms with van der Waals surface area (Å²) in [6.07, 6.45) is 51.6. The molecule has 0 fully saturated rings. The Morgan fingerprint density at radius 3 is 1.42 bits per heavy atom. The molecule has 0 heterocycles. The predicted octanol–water partition coefficient (Wildman–Crippen LogP) is 14.0. The third-order valence-electron chi connectivity index (χ3n) is 11.0. The van der Waals surface area contributed by atoms with Crippen LogP contribution in [0.4, 0.5) is 0 Å². The normalized spacial score (nSPS) is 13.3. The fraction of sp³-hybridized carbons (Fsp3) is 0.788. The molecular weight excluding hydrogens is 751 g/mol. The Morgan fingerprint density at radius 2 is 0.933 bits per heavy atom. The number of allylic oxidation sites excluding steroid dienone is 8. The van der Waals surface area contributed by atoms with Crippen molar-refractivity contribution in [3.63, 3.8) is 0 Å². The number of esters is 2. The van der Waals surface area contributed by atoms with Gasteiger partial charge in [-0.05, 0) is 70.6 Å². The van der Waals surface area contributed by atoms with Crippen LogP contribution in [0.5, 0.6) is 0 Å². The molecule has 8 nitrogen and oxygen atoms in total. The number of ether oxygens (including phenoxy) is 3. The summed E-state index contributed by atoms with van der Waals surface area (Å²) >= 11 is 0. The maximum Gasteiger partial charge on any atom is 0.362 e. The number of carboxylic acid groups (broad SMARTS) is 1. The van der Waals surface area contributed by atoms with Crippen molar-refractivity contribution in [3.05, 3.63) is 48.6 Å². The number of quaternary nitrogens is 1. The van der Waals surface area contributed by atoms with E-state index < -0.39 is 18.1 Å². The second kappa shape index (κ2) is 43.0. The molecule has 2 unspecified atom stereocenters. The van der Waals surface area contributed by atoms with Gasteiger partial charge in [-0.1, -0.05) is 172 Å². The lowest BCUT2D eigenvalue weighted by Gasteiger charge is -2.31. The first-order chi connectivity index (χ1) is 29.1. The van der Waals surface area contributed by atoms with Crippen molar-refractivity contribution in [1.82, 2.24) is 0 Å². The lowest BCUT2D eigenvalue weighted by Crippen LogP contribution is -2.50. The standard InChI is InChI=1S/C52H93NO7/c1-6-8-10-12-14-16-18-20-21-22-23-24-25-26-27-28-29-31-33-35-37-39-41-43-51(55)60-48(46-58-45-44-49(52(56)57)53(3,4)5)47-59-50(54)42-40-38-36-34-32-30-19-17-15-13-11-9-7-2/h8,10,14,16,20-21,30,32,48-49H,6-7,9,11-13,15,17-19,22-29,31,33-47H2,1-5H3/p+1/b10-8+,16-14+,21-20+,32-30+. The largest absolute Gasteiger partial charge is 0.477 e. The fourth-order valence-electron chi connectivity index (χ4n) is 7.16. The van der Waals surface area contributed by atoms with E-state index in [1.165, 1.54) is 109 Å². The Labute approximate surface area is 369 Å². The van der Waals surface area contributed by atoms with Crippen LogP contribution < -0.4 is 0 Å². The third kappa shape index (κ3) is 40.7. The van der Waals surface area contributed by atoms with Gasteiger partial charge in [-0.3, -0.25) is 9.59 Å². The van der Waals surface area contributed by atoms with E-state index in [9.17, 15) is 19.5 Å². The molecule has 0 saturated carbocycles. The van der Waals surface area contributed by atoms with Gasteiger partial charge in [-0.2, -0.15) is 0 Å². The maximum atomic E-state index is 12.8. The number of likely N-dealkylation sites (N-methyl/N-ethyl adjacent to an activating group) is 1. The van der Waals surface area contributed by atoms with Crippen LogP contribution in [0.2, 0.25) is 0 Å². The number of hydrogen-bond donors (Lipinski definition) is 1. The lowest BCUT2D eigenvalue weighted by atomic mass is 10.0. The second-order valence-electron chi connectivity index (χ2n) is 17.7. The van der Waals surface area contributed by atoms with E-state index >= 15 is 0 Å². The summed E-state index contributed by atoms with van der Waals surface area (Å²) in [6, 6.07) is -0.617. The highest BCUT2D eigenvalue weighted by Gasteiger charge is 2.31. The van der Waals surface area contributed by atoms with Crippen molar-refractivity contribution in [2.45, 2.75) is 225 Å². The van der Waals surface area contributed by atoms with Gasteiger partial charge in [0.25, 0.3) is 0 Å². The van der Waals surface area contributed by atoms with Gasteiger partial charge in [0.15, 0.2) is 12.1 Å². The van der Waals surface area contributed by atoms with Crippen LogP contribution in [-0.2, 0) is 28.6 Å². The summed E-state index contributed by atoms with van der Waals surface area (Å²) < 4.78 is 17.3. The van der Waals surface area contributed by atoms with Crippen molar-refractivity contribution in [2.24, 2.45) is 0 Å². The Kier molecular flexibility index (Phi) is 41.0. The van der Waals surface area contributed by atoms with E-state index in [4.69, 9.17) is 14.2 Å². The minimum atomic E-state index is -0.876. The lowest BCUT2D eigenvalue weighted by molar-refractivity contribution is -0.887. The van der Waals surface area contributed by atoms with Crippen molar-refractivity contribution >= 4 is 17.9 Å². The molecule has 0 aromatic heterocycles. The van der Waals surface area contributed by atoms with Gasteiger partial charge in [-0.15, -0.1) is 0 Å². The van der Waals surface area contributed by atoms with Crippen LogP contribution in [-0.4, -0.2) is 80.6 Å². The average molecular weight is 845 g/mol. The number of carboxylic acids is 1. The molecule has 0 radical (unpaired) electrons. The zero-order chi connectivity index (χ0) is 44.2. The number of rotatable bonds is 44. The molecule has 348 valence electrons. The highest BCUT2D eigenvalue weighted by atomic mass is 16.6. The fourth-order valence-corrected chi connectivity index (χ4v) is 7.16. The predicted molar refractivity (Wildman–Crippen MR) is 252 cm³/mol. The third-order valence-corrected chi connectivity index (χ3v) is 11.0. The number of nitrogens with zero attached hydrogens (tertiary/aromatic N) is 1. The van der Waals surface area contributed by atoms with Gasteiger partial charge in [0.1, 0.15) is 6.61 Å². The molecule has 0 bridgehead atoms. The van der Waals surface area contributed by atoms with Crippen molar-refractivity contribution in [2.75, 3.05) is 41.0 Å². The Morgan fingerprint density at radius 1 is 0.517 bits per heavy atom. The molecule has 0 aromatic rings. The number of unbranched alkanes of at least 4 members (excludes halogenated alkanes) is 22. The van der Waals surface area contributed by atoms with E-state index in [2.05, 4.69) is 62.5 Å². The summed E-state index contributed by atoms with van der Waals surface area (Å²) in [5.41, 5.74) is 0. The average Bonchev–Trinajstić information content (AvgIpc) is 3.21. The maximum absolute atomic E-state index is 12.8. The molecule has 0 rings (SSSR count). The van der Waals surface area contributed by atoms with Crippen molar-refractivity contribution < 1.29 is 38.2 Å². The highest BCUT2D eigenvalue weighted by molar-refractivity contribution is 5.72. The van der Waals surface area contributed by atoms with Crippen LogP contribution in [0.15, 0.2) is 48.6 Å². The first-order valence-electron chi connectivity index (χ1n) is 24.7. The molecule has 0 aliphatic carbocycles. The van der Waals surface area contributed by atoms with Crippen LogP contribution in [0.25, 0.3) is 0 Å². The van der Waals surface area contributed by atoms with Crippen LogP contribution >= 0.6 is 0 Å². The quantitative estimate of drug-likeness (QED) is 0.0282. The van der Waals surface area contributed by atoms with Gasteiger partial charge >= 0.3 is 17.9 Å². The van der Waals surface area contributed by atoms with E-state index in [1.807, 2.05) is 21.1 Å². The molecule has 1 N–H and O–H groups in total. The summed E-state index contributed by atoms with van der Waals surface area (Å²) in [5, 5.41) is 9.64. The SMILES string of the molecule is CC/C=C/C/C=C/C/C=C/CCCCCCCCCCCCCCCC(=O)OC(COCCC(C(=O)O)[N+](C)(C)C)COC(=O)CCCCC/C=C/CCCCCCCC. The molecule has 60 heavy (non-hydrogen) atoms. The molecule has 0 amide bonds. The van der Waals surface area contributed by atoms with Gasteiger partial charge in [0.2, 0.25) is 0 Å². The number of hydrogen-bond acceptors (Lipinski definition) is 6. The number of carbonyl (C=O) groups excluding carboxylic acids is 2. The number of aliphatic carboxylic acids is 1. The molecule has 0 spiro atoms. The number of carbonyl (C=O) groups is 3. The van der Waals surface area contributed by atoms with Crippen molar-refractivity contribution in [1.29, 1.82) is 0 Å². The van der Waals surface area contributed by atoms with Gasteiger partial charge in [0, 0.05) is 19.3 Å². The van der Waals surface area contributed by atoms with Gasteiger partial charge in [0.05, 0.1) is 34.4 Å². The van der Waals surface area contributed by atoms with Crippen molar-refractivity contribution in [3.8, 4) is 0 Å². The topological polar surface area (TPSA) is 99.1 Å². The van der Waals surface area contributed by atoms with Gasteiger partial charge in [-0.25, -0.2) is 4.79 Å². The summed E-state index contributed by atoms with van der Waals surface area (Å²) in [4.78, 5) is 37.1. The summed E-state index contributed by atoms with van der Waals surface area (Å²) in [7, 11) is 5.53. The Balaban J connectivity index is 4.22. The van der Waals surface area contributed by atoms with E-state index in [1.54, 1.807) is 0 Å². The zero-order valence-corrected chi connectivity index (χ0v) is 39.7. The second-order valence-corrected chi connectivity index (χ2v) is 17.7. The molecule has 0 saturated heterocycles. The smallest absolute Gasteiger partial charge is 0.362 e. The molecule has 0 aromatic carbocycles. The Bertz CT molecular complexity index is 1120. The van der Waals surface area contributed by atoms with Gasteiger partial charge < -0.3 is 23.8 Å². The van der Waals surface area contributed by atoms with E-state index in [0.29, 0.717) is 19.3 Å². The molecule has 0 aliphatic heterocycles. The molecule has 8 heteroatoms. The van der Waals surface area contributed by atoms with Crippen LogP contribution in [0.1, 0.15) is 213 Å². The zero-order valence-electron chi connectivity index (χ0n) is 39.7. The first-order valence-corrected chi connectivity index (χ1v) is 24.7. The molecule has 0 aliphatic rings. The van der Waals surface area contributed by atoms with E-state index in [0.717, 1.165) is 70.6 Å². The first kappa shape index (κ1) is 57.3. The minimum absolute atomic E-state index is 0.0569. The highest BCUT2D eigenvalue weighted by Crippen LogP contribution is 2.15.